The lowest BCUT2D eigenvalue weighted by Crippen LogP contribution is -2.40. The maximum atomic E-state index is 9.96. The smallest absolute Gasteiger partial charge is 0.114 e. The van der Waals surface area contributed by atoms with Crippen LogP contribution in [-0.4, -0.2) is 59.6 Å². The molecule has 5 nitrogen and oxygen atoms in total. The van der Waals surface area contributed by atoms with Crippen LogP contribution in [0, 0.1) is 0 Å². The molecule has 0 unspecified atom stereocenters. The zero-order chi connectivity index (χ0) is 21.9. The Balaban J connectivity index is 1.76. The summed E-state index contributed by atoms with van der Waals surface area (Å²) in [6.07, 6.45) is 20.5. The van der Waals surface area contributed by atoms with Gasteiger partial charge in [-0.05, 0) is 32.1 Å². The molecule has 1 aliphatic heterocycles. The van der Waals surface area contributed by atoms with Gasteiger partial charge in [0.05, 0.1) is 13.2 Å². The van der Waals surface area contributed by atoms with Crippen LogP contribution in [0.4, 0.5) is 0 Å². The van der Waals surface area contributed by atoms with Gasteiger partial charge < -0.3 is 24.8 Å². The Morgan fingerprint density at radius 3 is 1.90 bits per heavy atom. The fourth-order valence-electron chi connectivity index (χ4n) is 3.89. The molecule has 1 aliphatic rings. The summed E-state index contributed by atoms with van der Waals surface area (Å²) < 4.78 is 10.7. The molecule has 1 saturated heterocycles. The highest BCUT2D eigenvalue weighted by Crippen LogP contribution is 2.18. The first kappa shape index (κ1) is 27.6. The van der Waals surface area contributed by atoms with E-state index >= 15 is 0 Å². The van der Waals surface area contributed by atoms with Crippen LogP contribution in [0.15, 0.2) is 12.2 Å². The van der Waals surface area contributed by atoms with Gasteiger partial charge in [0, 0.05) is 6.61 Å². The molecule has 178 valence electrons. The van der Waals surface area contributed by atoms with Gasteiger partial charge in [-0.15, -0.1) is 0 Å². The molecule has 1 heterocycles. The van der Waals surface area contributed by atoms with E-state index in [9.17, 15) is 15.3 Å². The number of ether oxygens (including phenoxy) is 2. The standard InChI is InChI=1S/C25H48O5/c1-2-3-4-5-6-7-8-9-10-11-12-13-14-15-16-17-18-19-29-20-23(27)25-24(28)22(26)21-30-25/h6-7,22-28H,2-5,8-21H2,1H3/b7-6+/t22-,23+,24-,25-/m1/s1. The van der Waals surface area contributed by atoms with E-state index in [1.807, 2.05) is 0 Å². The number of hydrogen-bond acceptors (Lipinski definition) is 5. The molecule has 1 rings (SSSR count). The van der Waals surface area contributed by atoms with Gasteiger partial charge in [-0.2, -0.15) is 0 Å². The Kier molecular flexibility index (Phi) is 17.7. The van der Waals surface area contributed by atoms with Crippen molar-refractivity contribution < 1.29 is 24.8 Å². The lowest BCUT2D eigenvalue weighted by Gasteiger charge is -2.20. The first-order chi connectivity index (χ1) is 14.7. The summed E-state index contributed by atoms with van der Waals surface area (Å²) in [5.74, 6) is 0. The molecule has 3 N–H and O–H groups in total. The number of allylic oxidation sites excluding steroid dienone is 2. The van der Waals surface area contributed by atoms with Crippen LogP contribution >= 0.6 is 0 Å². The van der Waals surface area contributed by atoms with Crippen LogP contribution in [0.2, 0.25) is 0 Å². The zero-order valence-corrected chi connectivity index (χ0v) is 19.4. The van der Waals surface area contributed by atoms with E-state index in [4.69, 9.17) is 9.47 Å². The van der Waals surface area contributed by atoms with Crippen molar-refractivity contribution in [1.29, 1.82) is 0 Å². The van der Waals surface area contributed by atoms with Crippen LogP contribution in [0.3, 0.4) is 0 Å². The number of hydrogen-bond donors (Lipinski definition) is 3. The monoisotopic (exact) mass is 428 g/mol. The largest absolute Gasteiger partial charge is 0.388 e. The maximum absolute atomic E-state index is 9.96. The molecule has 0 amide bonds. The van der Waals surface area contributed by atoms with Crippen LogP contribution in [0.5, 0.6) is 0 Å². The van der Waals surface area contributed by atoms with Gasteiger partial charge in [0.2, 0.25) is 0 Å². The normalized spacial score (nSPS) is 22.9. The van der Waals surface area contributed by atoms with Gasteiger partial charge in [0.25, 0.3) is 0 Å². The van der Waals surface area contributed by atoms with Crippen LogP contribution in [-0.2, 0) is 9.47 Å². The van der Waals surface area contributed by atoms with E-state index in [1.165, 1.54) is 83.5 Å². The quantitative estimate of drug-likeness (QED) is 0.190. The predicted molar refractivity (Wildman–Crippen MR) is 123 cm³/mol. The van der Waals surface area contributed by atoms with Crippen LogP contribution < -0.4 is 0 Å². The third-order valence-corrected chi connectivity index (χ3v) is 5.91. The molecule has 30 heavy (non-hydrogen) atoms. The Morgan fingerprint density at radius 1 is 0.833 bits per heavy atom. The highest BCUT2D eigenvalue weighted by Gasteiger charge is 2.39. The van der Waals surface area contributed by atoms with Gasteiger partial charge in [-0.3, -0.25) is 0 Å². The second-order valence-electron chi connectivity index (χ2n) is 8.79. The molecule has 5 heteroatoms. The first-order valence-electron chi connectivity index (χ1n) is 12.5. The lowest BCUT2D eigenvalue weighted by atomic mass is 10.1. The van der Waals surface area contributed by atoms with Crippen molar-refractivity contribution in [3.05, 3.63) is 12.2 Å². The van der Waals surface area contributed by atoms with Crippen molar-refractivity contribution in [3.8, 4) is 0 Å². The molecule has 0 aromatic carbocycles. The van der Waals surface area contributed by atoms with Crippen molar-refractivity contribution in [2.45, 2.75) is 128 Å². The average Bonchev–Trinajstić information content (AvgIpc) is 3.08. The summed E-state index contributed by atoms with van der Waals surface area (Å²) in [5.41, 5.74) is 0. The van der Waals surface area contributed by atoms with Crippen molar-refractivity contribution in [3.63, 3.8) is 0 Å². The van der Waals surface area contributed by atoms with E-state index in [0.29, 0.717) is 6.61 Å². The summed E-state index contributed by atoms with van der Waals surface area (Å²) >= 11 is 0. The second kappa shape index (κ2) is 19.2. The highest BCUT2D eigenvalue weighted by molar-refractivity contribution is 4.87. The SMILES string of the molecule is CCCCC/C=C/CCCCCCCCCCCCOC[C@H](O)[C@H]1OC[C@@H](O)[C@H]1O. The summed E-state index contributed by atoms with van der Waals surface area (Å²) in [4.78, 5) is 0. The number of rotatable bonds is 20. The maximum Gasteiger partial charge on any atom is 0.114 e. The summed E-state index contributed by atoms with van der Waals surface area (Å²) in [6.45, 7) is 3.08. The van der Waals surface area contributed by atoms with Crippen molar-refractivity contribution in [2.75, 3.05) is 19.8 Å². The Bertz CT molecular complexity index is 401. The molecular weight excluding hydrogens is 380 g/mol. The molecule has 0 spiro atoms. The Labute approximate surface area is 184 Å². The first-order valence-corrected chi connectivity index (χ1v) is 12.5. The molecule has 0 aliphatic carbocycles. The number of unbranched alkanes of at least 4 members (excludes halogenated alkanes) is 13. The summed E-state index contributed by atoms with van der Waals surface area (Å²) in [7, 11) is 0. The minimum absolute atomic E-state index is 0.0689. The average molecular weight is 429 g/mol. The van der Waals surface area contributed by atoms with E-state index in [0.717, 1.165) is 12.8 Å². The van der Waals surface area contributed by atoms with Crippen molar-refractivity contribution >= 4 is 0 Å². The molecule has 0 radical (unpaired) electrons. The van der Waals surface area contributed by atoms with Gasteiger partial charge in [0.1, 0.15) is 24.4 Å². The topological polar surface area (TPSA) is 79.2 Å². The molecule has 1 fully saturated rings. The van der Waals surface area contributed by atoms with E-state index in [-0.39, 0.29) is 13.2 Å². The van der Waals surface area contributed by atoms with E-state index in [1.54, 1.807) is 0 Å². The van der Waals surface area contributed by atoms with Crippen molar-refractivity contribution in [2.24, 2.45) is 0 Å². The Morgan fingerprint density at radius 2 is 1.37 bits per heavy atom. The van der Waals surface area contributed by atoms with Gasteiger partial charge in [-0.1, -0.05) is 83.3 Å². The van der Waals surface area contributed by atoms with Gasteiger partial charge >= 0.3 is 0 Å². The second-order valence-corrected chi connectivity index (χ2v) is 8.79. The minimum Gasteiger partial charge on any atom is -0.388 e. The van der Waals surface area contributed by atoms with E-state index in [2.05, 4.69) is 19.1 Å². The third-order valence-electron chi connectivity index (χ3n) is 5.91. The molecule has 0 aromatic heterocycles. The molecule has 0 saturated carbocycles. The molecule has 0 aromatic rings. The van der Waals surface area contributed by atoms with Crippen molar-refractivity contribution in [1.82, 2.24) is 0 Å². The van der Waals surface area contributed by atoms with Gasteiger partial charge in [-0.25, -0.2) is 0 Å². The Hall–Kier alpha value is -0.460. The molecule has 0 bridgehead atoms. The highest BCUT2D eigenvalue weighted by atomic mass is 16.5. The van der Waals surface area contributed by atoms with Crippen LogP contribution in [0.1, 0.15) is 103 Å². The van der Waals surface area contributed by atoms with Crippen LogP contribution in [0.25, 0.3) is 0 Å². The fraction of sp³-hybridized carbons (Fsp3) is 0.920. The fourth-order valence-corrected chi connectivity index (χ4v) is 3.89. The third kappa shape index (κ3) is 13.8. The summed E-state index contributed by atoms with van der Waals surface area (Å²) in [6, 6.07) is 0. The molecular formula is C25H48O5. The zero-order valence-electron chi connectivity index (χ0n) is 19.4. The lowest BCUT2D eigenvalue weighted by molar-refractivity contribution is -0.0813. The van der Waals surface area contributed by atoms with Gasteiger partial charge in [0.15, 0.2) is 0 Å². The van der Waals surface area contributed by atoms with E-state index < -0.39 is 24.4 Å². The number of aliphatic hydroxyl groups is 3. The molecule has 4 atom stereocenters. The summed E-state index contributed by atoms with van der Waals surface area (Å²) in [5, 5.41) is 29.1. The number of aliphatic hydroxyl groups excluding tert-OH is 3. The minimum atomic E-state index is -1.03. The predicted octanol–water partition coefficient (Wildman–Crippen LogP) is 4.91.